The van der Waals surface area contributed by atoms with E-state index in [1.807, 2.05) is 0 Å². The minimum atomic E-state index is -0.648. The fourth-order valence-corrected chi connectivity index (χ4v) is 2.43. The van der Waals surface area contributed by atoms with Gasteiger partial charge in [-0.3, -0.25) is 0 Å². The zero-order valence-electron chi connectivity index (χ0n) is 13.2. The Hall–Kier alpha value is -0.280. The number of hydrogen-bond acceptors (Lipinski definition) is 7. The van der Waals surface area contributed by atoms with Crippen molar-refractivity contribution in [2.24, 2.45) is 5.73 Å². The van der Waals surface area contributed by atoms with E-state index in [2.05, 4.69) is 6.92 Å². The zero-order chi connectivity index (χ0) is 15.4. The van der Waals surface area contributed by atoms with Crippen molar-refractivity contribution in [2.75, 3.05) is 46.2 Å². The second-order valence-electron chi connectivity index (χ2n) is 6.19. The predicted molar refractivity (Wildman–Crippen MR) is 77.6 cm³/mol. The SMILES string of the molecule is CCCC(CN)(OCC1CO1)C(OCC1CO1)OCC1CO1. The summed E-state index contributed by atoms with van der Waals surface area (Å²) in [6.45, 7) is 6.24. The number of rotatable bonds is 13. The molecule has 3 aliphatic heterocycles. The van der Waals surface area contributed by atoms with E-state index < -0.39 is 11.9 Å². The Morgan fingerprint density at radius 2 is 1.50 bits per heavy atom. The Morgan fingerprint density at radius 3 is 1.91 bits per heavy atom. The molecule has 3 fully saturated rings. The van der Waals surface area contributed by atoms with E-state index in [1.54, 1.807) is 0 Å². The first-order chi connectivity index (χ1) is 10.8. The first kappa shape index (κ1) is 16.6. The van der Waals surface area contributed by atoms with Crippen LogP contribution in [-0.4, -0.2) is 76.4 Å². The monoisotopic (exact) mass is 317 g/mol. The van der Waals surface area contributed by atoms with Gasteiger partial charge in [0.2, 0.25) is 0 Å². The summed E-state index contributed by atoms with van der Waals surface area (Å²) in [5.74, 6) is 0. The highest BCUT2D eigenvalue weighted by Gasteiger charge is 2.43. The van der Waals surface area contributed by atoms with Crippen LogP contribution >= 0.6 is 0 Å². The predicted octanol–water partition coefficient (Wildman–Crippen LogP) is 0.0563. The highest BCUT2D eigenvalue weighted by Crippen LogP contribution is 2.29. The van der Waals surface area contributed by atoms with Gasteiger partial charge in [-0.1, -0.05) is 13.3 Å². The molecule has 3 rings (SSSR count). The molecule has 0 aromatic rings. The lowest BCUT2D eigenvalue weighted by Gasteiger charge is -2.39. The molecule has 0 spiro atoms. The van der Waals surface area contributed by atoms with Gasteiger partial charge in [-0.05, 0) is 6.42 Å². The Balaban J connectivity index is 1.60. The largest absolute Gasteiger partial charge is 0.371 e. The van der Waals surface area contributed by atoms with Crippen LogP contribution in [0.4, 0.5) is 0 Å². The molecule has 22 heavy (non-hydrogen) atoms. The van der Waals surface area contributed by atoms with Gasteiger partial charge in [0, 0.05) is 6.54 Å². The molecular formula is C15H27NO6. The summed E-state index contributed by atoms with van der Waals surface area (Å²) in [6.07, 6.45) is 1.73. The van der Waals surface area contributed by atoms with Crippen molar-refractivity contribution in [3.05, 3.63) is 0 Å². The van der Waals surface area contributed by atoms with Crippen molar-refractivity contribution in [3.63, 3.8) is 0 Å². The quantitative estimate of drug-likeness (QED) is 0.379. The third-order valence-corrected chi connectivity index (χ3v) is 4.08. The number of hydrogen-bond donors (Lipinski definition) is 1. The lowest BCUT2D eigenvalue weighted by molar-refractivity contribution is -0.256. The van der Waals surface area contributed by atoms with Gasteiger partial charge in [-0.2, -0.15) is 0 Å². The lowest BCUT2D eigenvalue weighted by atomic mass is 9.96. The maximum atomic E-state index is 6.13. The van der Waals surface area contributed by atoms with Gasteiger partial charge >= 0.3 is 0 Å². The lowest BCUT2D eigenvalue weighted by Crippen LogP contribution is -2.54. The molecule has 4 unspecified atom stereocenters. The second-order valence-corrected chi connectivity index (χ2v) is 6.19. The van der Waals surface area contributed by atoms with E-state index in [0.29, 0.717) is 26.4 Å². The van der Waals surface area contributed by atoms with Crippen LogP contribution in [0.15, 0.2) is 0 Å². The summed E-state index contributed by atoms with van der Waals surface area (Å²) in [7, 11) is 0. The van der Waals surface area contributed by atoms with Crippen LogP contribution in [0, 0.1) is 0 Å². The van der Waals surface area contributed by atoms with Crippen molar-refractivity contribution in [3.8, 4) is 0 Å². The van der Waals surface area contributed by atoms with Gasteiger partial charge in [-0.25, -0.2) is 0 Å². The molecule has 0 aliphatic carbocycles. The molecule has 0 radical (unpaired) electrons. The molecule has 3 saturated heterocycles. The van der Waals surface area contributed by atoms with Gasteiger partial charge in [0.1, 0.15) is 23.9 Å². The molecule has 0 bridgehead atoms. The maximum Gasteiger partial charge on any atom is 0.188 e. The Bertz CT molecular complexity index is 329. The number of nitrogens with two attached hydrogens (primary N) is 1. The average Bonchev–Trinajstić information content (AvgIpc) is 3.40. The molecule has 0 aromatic heterocycles. The summed E-state index contributed by atoms with van der Waals surface area (Å²) in [5.41, 5.74) is 5.41. The van der Waals surface area contributed by atoms with E-state index in [4.69, 9.17) is 34.2 Å². The summed E-state index contributed by atoms with van der Waals surface area (Å²) >= 11 is 0. The van der Waals surface area contributed by atoms with E-state index in [1.165, 1.54) is 0 Å². The third kappa shape index (κ3) is 4.86. The third-order valence-electron chi connectivity index (χ3n) is 4.08. The molecule has 3 aliphatic rings. The molecular weight excluding hydrogens is 290 g/mol. The number of epoxide rings is 3. The fourth-order valence-electron chi connectivity index (χ4n) is 2.43. The minimum absolute atomic E-state index is 0.173. The molecule has 3 heterocycles. The fraction of sp³-hybridized carbons (Fsp3) is 1.00. The van der Waals surface area contributed by atoms with Crippen LogP contribution in [0.2, 0.25) is 0 Å². The maximum absolute atomic E-state index is 6.13. The standard InChI is InChI=1S/C15H27NO6/c1-2-3-15(10-16,22-9-13-6-19-13)14(20-7-11-4-17-11)21-8-12-5-18-12/h11-14H,2-10,16H2,1H3. The topological polar surface area (TPSA) is 91.3 Å². The normalized spacial score (nSPS) is 33.3. The first-order valence-corrected chi connectivity index (χ1v) is 8.18. The highest BCUT2D eigenvalue weighted by molar-refractivity contribution is 4.89. The van der Waals surface area contributed by atoms with E-state index in [0.717, 1.165) is 32.7 Å². The zero-order valence-corrected chi connectivity index (χ0v) is 13.2. The summed E-state index contributed by atoms with van der Waals surface area (Å²) < 4.78 is 33.7. The van der Waals surface area contributed by atoms with Crippen LogP contribution in [0.3, 0.4) is 0 Å². The summed E-state index contributed by atoms with van der Waals surface area (Å²) in [4.78, 5) is 0. The van der Waals surface area contributed by atoms with Crippen molar-refractivity contribution >= 4 is 0 Å². The Kier molecular flexibility index (Phi) is 5.67. The van der Waals surface area contributed by atoms with Crippen molar-refractivity contribution < 1.29 is 28.4 Å². The molecule has 4 atom stereocenters. The second kappa shape index (κ2) is 7.53. The van der Waals surface area contributed by atoms with E-state index >= 15 is 0 Å². The van der Waals surface area contributed by atoms with E-state index in [9.17, 15) is 0 Å². The van der Waals surface area contributed by atoms with Crippen molar-refractivity contribution in [2.45, 2.75) is 50.0 Å². The molecule has 0 saturated carbocycles. The molecule has 0 aromatic carbocycles. The molecule has 128 valence electrons. The summed E-state index contributed by atoms with van der Waals surface area (Å²) in [6, 6.07) is 0. The smallest absolute Gasteiger partial charge is 0.188 e. The van der Waals surface area contributed by atoms with Gasteiger partial charge in [-0.15, -0.1) is 0 Å². The minimum Gasteiger partial charge on any atom is -0.371 e. The summed E-state index contributed by atoms with van der Waals surface area (Å²) in [5, 5.41) is 0. The van der Waals surface area contributed by atoms with Gasteiger partial charge in [0.05, 0.1) is 39.6 Å². The Labute approximate surface area is 131 Å². The molecule has 0 amide bonds. The van der Waals surface area contributed by atoms with E-state index in [-0.39, 0.29) is 18.3 Å². The molecule has 7 nitrogen and oxygen atoms in total. The van der Waals surface area contributed by atoms with Gasteiger partial charge < -0.3 is 34.2 Å². The molecule has 2 N–H and O–H groups in total. The highest BCUT2D eigenvalue weighted by atomic mass is 16.7. The van der Waals surface area contributed by atoms with Crippen LogP contribution in [-0.2, 0) is 28.4 Å². The Morgan fingerprint density at radius 1 is 1.00 bits per heavy atom. The van der Waals surface area contributed by atoms with Crippen molar-refractivity contribution in [1.82, 2.24) is 0 Å². The number of ether oxygens (including phenoxy) is 6. The van der Waals surface area contributed by atoms with Crippen molar-refractivity contribution in [1.29, 1.82) is 0 Å². The average molecular weight is 317 g/mol. The van der Waals surface area contributed by atoms with Crippen LogP contribution in [0.1, 0.15) is 19.8 Å². The van der Waals surface area contributed by atoms with Crippen LogP contribution in [0.25, 0.3) is 0 Å². The molecule has 7 heteroatoms. The van der Waals surface area contributed by atoms with Crippen LogP contribution in [0.5, 0.6) is 0 Å². The van der Waals surface area contributed by atoms with Gasteiger partial charge in [0.25, 0.3) is 0 Å². The van der Waals surface area contributed by atoms with Gasteiger partial charge in [0.15, 0.2) is 6.29 Å². The first-order valence-electron chi connectivity index (χ1n) is 8.18. The van der Waals surface area contributed by atoms with Crippen LogP contribution < -0.4 is 5.73 Å².